The van der Waals surface area contributed by atoms with E-state index >= 15 is 0 Å². The van der Waals surface area contributed by atoms with Gasteiger partial charge in [0.15, 0.2) is 0 Å². The first-order chi connectivity index (χ1) is 5.40. The fourth-order valence-corrected chi connectivity index (χ4v) is 1.25. The van der Waals surface area contributed by atoms with Crippen molar-refractivity contribution in [3.8, 4) is 0 Å². The number of rotatable bonds is 0. The van der Waals surface area contributed by atoms with E-state index in [9.17, 15) is 0 Å². The number of fused-ring (bicyclic) bond motifs is 1. The van der Waals surface area contributed by atoms with Crippen molar-refractivity contribution in [2.75, 3.05) is 0 Å². The maximum atomic E-state index is 3.60. The molecule has 0 saturated carbocycles. The minimum absolute atomic E-state index is 1.08. The highest BCUT2D eigenvalue weighted by Gasteiger charge is 1.94. The van der Waals surface area contributed by atoms with E-state index in [2.05, 4.69) is 36.6 Å². The van der Waals surface area contributed by atoms with Gasteiger partial charge < -0.3 is 0 Å². The molecule has 0 N–H and O–H groups in total. The molecule has 0 atom stereocenters. The molecular formula is C11H8. The fourth-order valence-electron chi connectivity index (χ4n) is 1.25. The van der Waals surface area contributed by atoms with Crippen LogP contribution in [0.3, 0.4) is 0 Å². The Bertz CT molecular complexity index is 406. The Balaban J connectivity index is 2.91. The topological polar surface area (TPSA) is 0 Å². The molecule has 0 heterocycles. The Labute approximate surface area is 65.5 Å². The summed E-state index contributed by atoms with van der Waals surface area (Å²) in [5.41, 5.74) is 3.94. The average Bonchev–Trinajstić information content (AvgIpc) is 2.46. The first-order valence-corrected chi connectivity index (χ1v) is 3.59. The lowest BCUT2D eigenvalue weighted by molar-refractivity contribution is 1.55. The quantitative estimate of drug-likeness (QED) is 0.471. The lowest BCUT2D eigenvalue weighted by atomic mass is 10.3. The monoisotopic (exact) mass is 140 g/mol. The molecule has 1 aliphatic rings. The van der Waals surface area contributed by atoms with Crippen LogP contribution in [0.2, 0.25) is 0 Å². The summed E-state index contributed by atoms with van der Waals surface area (Å²) >= 11 is 0. The Hall–Kier alpha value is -1.52. The summed E-state index contributed by atoms with van der Waals surface area (Å²) < 4.78 is 0. The highest BCUT2D eigenvalue weighted by molar-refractivity contribution is 5.70. The van der Waals surface area contributed by atoms with Crippen LogP contribution >= 0.6 is 0 Å². The number of hydrogen-bond acceptors (Lipinski definition) is 0. The average molecular weight is 140 g/mol. The molecule has 1 aromatic carbocycles. The van der Waals surface area contributed by atoms with Gasteiger partial charge in [0.2, 0.25) is 0 Å². The van der Waals surface area contributed by atoms with Crippen LogP contribution in [0.4, 0.5) is 0 Å². The predicted octanol–water partition coefficient (Wildman–Crippen LogP) is 0.972. The van der Waals surface area contributed by atoms with Crippen LogP contribution in [0, 0.1) is 0 Å². The summed E-state index contributed by atoms with van der Waals surface area (Å²) in [5.74, 6) is 0. The molecule has 52 valence electrons. The third-order valence-electron chi connectivity index (χ3n) is 1.82. The van der Waals surface area contributed by atoms with Crippen molar-refractivity contribution < 1.29 is 0 Å². The van der Waals surface area contributed by atoms with Gasteiger partial charge in [-0.1, -0.05) is 30.8 Å². The number of benzene rings is 1. The summed E-state index contributed by atoms with van der Waals surface area (Å²) in [6, 6.07) is 8.26. The fraction of sp³-hybridized carbons (Fsp3) is 0. The van der Waals surface area contributed by atoms with E-state index in [0.29, 0.717) is 0 Å². The molecule has 0 spiro atoms. The summed E-state index contributed by atoms with van der Waals surface area (Å²) in [6.45, 7) is 3.60. The van der Waals surface area contributed by atoms with E-state index in [-0.39, 0.29) is 0 Å². The summed E-state index contributed by atoms with van der Waals surface area (Å²) in [7, 11) is 0. The summed E-state index contributed by atoms with van der Waals surface area (Å²) in [4.78, 5) is 0. The normalized spacial score (nSPS) is 12.9. The molecular weight excluding hydrogens is 132 g/mol. The van der Waals surface area contributed by atoms with Gasteiger partial charge in [-0.15, -0.1) is 5.73 Å². The zero-order chi connectivity index (χ0) is 7.68. The third kappa shape index (κ3) is 0.938. The van der Waals surface area contributed by atoms with E-state index in [1.807, 2.05) is 12.1 Å². The van der Waals surface area contributed by atoms with Gasteiger partial charge in [0.1, 0.15) is 0 Å². The zero-order valence-corrected chi connectivity index (χ0v) is 6.17. The first-order valence-electron chi connectivity index (χ1n) is 3.59. The minimum Gasteiger partial charge on any atom is -0.121 e. The standard InChI is InChI=1S/C11H8/c1-2-9-7-10-5-3-4-6-11(10)8-9/h3-8H,1H2. The van der Waals surface area contributed by atoms with Crippen molar-refractivity contribution in [1.29, 1.82) is 0 Å². The second kappa shape index (κ2) is 2.26. The molecule has 2 rings (SSSR count). The number of allylic oxidation sites excluding steroid dienone is 1. The lowest BCUT2D eigenvalue weighted by Crippen LogP contribution is -2.19. The highest BCUT2D eigenvalue weighted by atomic mass is 14.0. The molecule has 0 heteroatoms. The summed E-state index contributed by atoms with van der Waals surface area (Å²) in [6.07, 6.45) is 4.17. The van der Waals surface area contributed by atoms with Crippen LogP contribution in [0.25, 0.3) is 12.2 Å². The molecule has 0 amide bonds. The second-order valence-electron chi connectivity index (χ2n) is 2.55. The van der Waals surface area contributed by atoms with Crippen LogP contribution in [-0.2, 0) is 0 Å². The van der Waals surface area contributed by atoms with Crippen molar-refractivity contribution in [1.82, 2.24) is 0 Å². The second-order valence-corrected chi connectivity index (χ2v) is 2.55. The molecule has 0 bridgehead atoms. The van der Waals surface area contributed by atoms with Gasteiger partial charge in [0.05, 0.1) is 0 Å². The predicted molar refractivity (Wildman–Crippen MR) is 47.3 cm³/mol. The van der Waals surface area contributed by atoms with Crippen molar-refractivity contribution in [2.45, 2.75) is 0 Å². The van der Waals surface area contributed by atoms with Crippen LogP contribution < -0.4 is 10.4 Å². The molecule has 0 aliphatic heterocycles. The smallest absolute Gasteiger partial charge is 0.0170 e. The first kappa shape index (κ1) is 6.21. The van der Waals surface area contributed by atoms with Gasteiger partial charge in [-0.25, -0.2) is 0 Å². The Morgan fingerprint density at radius 2 is 1.55 bits per heavy atom. The Morgan fingerprint density at radius 1 is 1.00 bits per heavy atom. The van der Waals surface area contributed by atoms with Crippen molar-refractivity contribution in [3.05, 3.63) is 52.6 Å². The van der Waals surface area contributed by atoms with Crippen LogP contribution in [0.5, 0.6) is 0 Å². The van der Waals surface area contributed by atoms with Crippen molar-refractivity contribution in [3.63, 3.8) is 0 Å². The zero-order valence-electron chi connectivity index (χ0n) is 6.17. The Kier molecular flexibility index (Phi) is 1.28. The van der Waals surface area contributed by atoms with Gasteiger partial charge in [-0.3, -0.25) is 0 Å². The van der Waals surface area contributed by atoms with Gasteiger partial charge >= 0.3 is 0 Å². The van der Waals surface area contributed by atoms with Crippen LogP contribution in [0.1, 0.15) is 0 Å². The molecule has 11 heavy (non-hydrogen) atoms. The molecule has 0 fully saturated rings. The van der Waals surface area contributed by atoms with Gasteiger partial charge in [0.25, 0.3) is 0 Å². The molecule has 0 radical (unpaired) electrons. The van der Waals surface area contributed by atoms with Crippen molar-refractivity contribution in [2.24, 2.45) is 0 Å². The Morgan fingerprint density at radius 3 is 2.00 bits per heavy atom. The van der Waals surface area contributed by atoms with E-state index in [1.54, 1.807) is 0 Å². The van der Waals surface area contributed by atoms with E-state index < -0.39 is 0 Å². The van der Waals surface area contributed by atoms with E-state index in [0.717, 1.165) is 5.57 Å². The maximum absolute atomic E-state index is 3.60. The molecule has 0 nitrogen and oxygen atoms in total. The maximum Gasteiger partial charge on any atom is 0.0170 e. The minimum atomic E-state index is 1.08. The summed E-state index contributed by atoms with van der Waals surface area (Å²) in [5, 5.41) is 2.53. The van der Waals surface area contributed by atoms with E-state index in [4.69, 9.17) is 0 Å². The van der Waals surface area contributed by atoms with Crippen LogP contribution in [-0.4, -0.2) is 0 Å². The van der Waals surface area contributed by atoms with Gasteiger partial charge in [0, 0.05) is 5.57 Å². The van der Waals surface area contributed by atoms with Crippen LogP contribution in [0.15, 0.2) is 42.1 Å². The molecule has 0 unspecified atom stereocenters. The van der Waals surface area contributed by atoms with Crippen molar-refractivity contribution >= 4 is 12.2 Å². The molecule has 1 aromatic rings. The lowest BCUT2D eigenvalue weighted by Gasteiger charge is -1.79. The SMILES string of the molecule is C=C=C1C=c2ccccc2=C1. The largest absolute Gasteiger partial charge is 0.121 e. The molecule has 0 aromatic heterocycles. The van der Waals surface area contributed by atoms with Gasteiger partial charge in [-0.05, 0) is 22.6 Å². The highest BCUT2D eigenvalue weighted by Crippen LogP contribution is 1.97. The third-order valence-corrected chi connectivity index (χ3v) is 1.82. The van der Waals surface area contributed by atoms with E-state index in [1.165, 1.54) is 10.4 Å². The number of hydrogen-bond donors (Lipinski definition) is 0. The van der Waals surface area contributed by atoms with Gasteiger partial charge in [-0.2, -0.15) is 0 Å². The molecule has 1 aliphatic carbocycles. The molecule has 0 saturated heterocycles.